The molecule has 3 rings (SSSR count). The smallest absolute Gasteiger partial charge is 0.116 e. The van der Waals surface area contributed by atoms with E-state index in [0.717, 1.165) is 16.3 Å². The third-order valence-corrected chi connectivity index (χ3v) is 5.27. The Morgan fingerprint density at radius 1 is 1.31 bits per heavy atom. The first-order valence-electron chi connectivity index (χ1n) is 5.04. The van der Waals surface area contributed by atoms with Crippen molar-refractivity contribution in [2.24, 2.45) is 0 Å². The van der Waals surface area contributed by atoms with Crippen molar-refractivity contribution in [1.82, 2.24) is 5.32 Å². The fourth-order valence-electron chi connectivity index (χ4n) is 1.84. The summed E-state index contributed by atoms with van der Waals surface area (Å²) in [5.41, 5.74) is 1.05. The molecule has 0 aromatic heterocycles. The highest BCUT2D eigenvalue weighted by atomic mass is 32.2. The van der Waals surface area contributed by atoms with E-state index >= 15 is 0 Å². The SMILES string of the molecule is Oc1ccc2c(c1)SC(C1NC(O)CS1)N2. The fourth-order valence-corrected chi connectivity index (χ4v) is 4.33. The first-order valence-corrected chi connectivity index (χ1v) is 6.97. The van der Waals surface area contributed by atoms with Gasteiger partial charge in [0.1, 0.15) is 17.4 Å². The number of anilines is 1. The van der Waals surface area contributed by atoms with E-state index in [0.29, 0.717) is 5.75 Å². The molecule has 0 saturated carbocycles. The first kappa shape index (κ1) is 10.6. The second-order valence-corrected chi connectivity index (χ2v) is 6.16. The summed E-state index contributed by atoms with van der Waals surface area (Å²) in [5, 5.41) is 25.7. The molecule has 16 heavy (non-hydrogen) atoms. The van der Waals surface area contributed by atoms with Crippen LogP contribution >= 0.6 is 23.5 Å². The second kappa shape index (κ2) is 4.03. The predicted molar refractivity (Wildman–Crippen MR) is 66.8 cm³/mol. The summed E-state index contributed by atoms with van der Waals surface area (Å²) in [6.45, 7) is 0. The zero-order valence-electron chi connectivity index (χ0n) is 8.38. The number of fused-ring (bicyclic) bond motifs is 1. The van der Waals surface area contributed by atoms with E-state index in [2.05, 4.69) is 10.6 Å². The number of aliphatic hydroxyl groups is 1. The van der Waals surface area contributed by atoms with Gasteiger partial charge in [-0.1, -0.05) is 11.8 Å². The minimum Gasteiger partial charge on any atom is -0.508 e. The van der Waals surface area contributed by atoms with Crippen molar-refractivity contribution in [2.75, 3.05) is 11.1 Å². The Hall–Kier alpha value is -0.560. The van der Waals surface area contributed by atoms with Crippen LogP contribution in [0.2, 0.25) is 0 Å². The van der Waals surface area contributed by atoms with Crippen LogP contribution in [-0.2, 0) is 0 Å². The molecule has 0 amide bonds. The molecule has 6 heteroatoms. The summed E-state index contributed by atoms with van der Waals surface area (Å²) >= 11 is 3.40. The second-order valence-electron chi connectivity index (χ2n) is 3.80. The summed E-state index contributed by atoms with van der Waals surface area (Å²) in [7, 11) is 0. The molecular formula is C10H12N2O2S2. The minimum atomic E-state index is -0.408. The number of hydrogen-bond donors (Lipinski definition) is 4. The van der Waals surface area contributed by atoms with Gasteiger partial charge in [-0.3, -0.25) is 5.32 Å². The van der Waals surface area contributed by atoms with Crippen molar-refractivity contribution in [3.05, 3.63) is 18.2 Å². The van der Waals surface area contributed by atoms with Gasteiger partial charge in [-0.15, -0.1) is 11.8 Å². The molecule has 1 saturated heterocycles. The van der Waals surface area contributed by atoms with Gasteiger partial charge in [0.05, 0.1) is 5.37 Å². The summed E-state index contributed by atoms with van der Waals surface area (Å²) < 4.78 is 0. The Morgan fingerprint density at radius 3 is 2.94 bits per heavy atom. The lowest BCUT2D eigenvalue weighted by molar-refractivity contribution is 0.167. The predicted octanol–water partition coefficient (Wildman–Crippen LogP) is 1.22. The molecule has 0 aliphatic carbocycles. The number of aliphatic hydroxyl groups excluding tert-OH is 1. The molecule has 4 nitrogen and oxygen atoms in total. The lowest BCUT2D eigenvalue weighted by Gasteiger charge is -2.17. The van der Waals surface area contributed by atoms with Crippen molar-refractivity contribution in [2.45, 2.75) is 21.9 Å². The zero-order chi connectivity index (χ0) is 11.1. The van der Waals surface area contributed by atoms with E-state index < -0.39 is 6.23 Å². The first-order chi connectivity index (χ1) is 7.72. The number of nitrogens with one attached hydrogen (secondary N) is 2. The number of phenols is 1. The summed E-state index contributed by atoms with van der Waals surface area (Å²) in [6, 6.07) is 5.33. The van der Waals surface area contributed by atoms with E-state index in [1.54, 1.807) is 35.7 Å². The molecule has 3 atom stereocenters. The minimum absolute atomic E-state index is 0.203. The average molecular weight is 256 g/mol. The van der Waals surface area contributed by atoms with Gasteiger partial charge in [0.25, 0.3) is 0 Å². The standard InChI is InChI=1S/C10H12N2O2S2/c13-5-1-2-6-7(3-5)16-10(11-6)9-12-8(14)4-15-9/h1-3,8-14H,4H2. The Balaban J connectivity index is 1.75. The van der Waals surface area contributed by atoms with Crippen molar-refractivity contribution >= 4 is 29.2 Å². The molecule has 2 aliphatic heterocycles. The van der Waals surface area contributed by atoms with E-state index in [9.17, 15) is 10.2 Å². The normalized spacial score (nSPS) is 32.4. The van der Waals surface area contributed by atoms with Gasteiger partial charge in [-0.25, -0.2) is 0 Å². The molecule has 0 radical (unpaired) electrons. The third kappa shape index (κ3) is 1.86. The van der Waals surface area contributed by atoms with Crippen molar-refractivity contribution in [1.29, 1.82) is 0 Å². The average Bonchev–Trinajstić information content (AvgIpc) is 2.83. The van der Waals surface area contributed by atoms with Gasteiger partial charge in [0.2, 0.25) is 0 Å². The van der Waals surface area contributed by atoms with Crippen LogP contribution in [0.1, 0.15) is 0 Å². The molecule has 0 spiro atoms. The van der Waals surface area contributed by atoms with Crippen LogP contribution in [0.15, 0.2) is 23.1 Å². The fraction of sp³-hybridized carbons (Fsp3) is 0.400. The highest BCUT2D eigenvalue weighted by Gasteiger charge is 2.34. The van der Waals surface area contributed by atoms with Gasteiger partial charge >= 0.3 is 0 Å². The number of aromatic hydroxyl groups is 1. The summed E-state index contributed by atoms with van der Waals surface area (Å²) in [6.07, 6.45) is -0.408. The number of thioether (sulfide) groups is 2. The van der Waals surface area contributed by atoms with Crippen LogP contribution in [0.25, 0.3) is 0 Å². The lowest BCUT2D eigenvalue weighted by Crippen LogP contribution is -2.38. The molecule has 4 N–H and O–H groups in total. The maximum Gasteiger partial charge on any atom is 0.116 e. The lowest BCUT2D eigenvalue weighted by atomic mass is 10.3. The maximum absolute atomic E-state index is 9.41. The highest BCUT2D eigenvalue weighted by Crippen LogP contribution is 2.43. The molecule has 86 valence electrons. The van der Waals surface area contributed by atoms with Crippen LogP contribution in [0.5, 0.6) is 5.75 Å². The van der Waals surface area contributed by atoms with E-state index in [4.69, 9.17) is 0 Å². The monoisotopic (exact) mass is 256 g/mol. The van der Waals surface area contributed by atoms with Gasteiger partial charge in [-0.05, 0) is 18.2 Å². The van der Waals surface area contributed by atoms with Crippen LogP contribution in [-0.4, -0.2) is 32.9 Å². The Morgan fingerprint density at radius 2 is 2.19 bits per heavy atom. The van der Waals surface area contributed by atoms with E-state index in [-0.39, 0.29) is 10.7 Å². The Kier molecular flexibility index (Phi) is 2.67. The molecule has 1 fully saturated rings. The van der Waals surface area contributed by atoms with Gasteiger partial charge in [0.15, 0.2) is 0 Å². The van der Waals surface area contributed by atoms with Gasteiger partial charge in [0, 0.05) is 16.3 Å². The van der Waals surface area contributed by atoms with Crippen LogP contribution < -0.4 is 10.6 Å². The number of benzene rings is 1. The maximum atomic E-state index is 9.41. The molecule has 1 aromatic carbocycles. The highest BCUT2D eigenvalue weighted by molar-refractivity contribution is 8.04. The van der Waals surface area contributed by atoms with E-state index in [1.807, 2.05) is 6.07 Å². The van der Waals surface area contributed by atoms with Gasteiger partial charge in [-0.2, -0.15) is 0 Å². The quantitative estimate of drug-likeness (QED) is 0.567. The number of phenolic OH excluding ortho intramolecular Hbond substituents is 1. The summed E-state index contributed by atoms with van der Waals surface area (Å²) in [5.74, 6) is 1.02. The van der Waals surface area contributed by atoms with Crippen LogP contribution in [0, 0.1) is 0 Å². The third-order valence-electron chi connectivity index (χ3n) is 2.58. The molecule has 0 bridgehead atoms. The van der Waals surface area contributed by atoms with Crippen molar-refractivity contribution in [3.63, 3.8) is 0 Å². The number of hydrogen-bond acceptors (Lipinski definition) is 6. The van der Waals surface area contributed by atoms with Gasteiger partial charge < -0.3 is 15.5 Å². The molecular weight excluding hydrogens is 244 g/mol. The molecule has 3 unspecified atom stereocenters. The van der Waals surface area contributed by atoms with Crippen molar-refractivity contribution < 1.29 is 10.2 Å². The topological polar surface area (TPSA) is 64.5 Å². The molecule has 2 aliphatic rings. The summed E-state index contributed by atoms with van der Waals surface area (Å²) in [4.78, 5) is 1.06. The van der Waals surface area contributed by atoms with E-state index in [1.165, 1.54) is 0 Å². The van der Waals surface area contributed by atoms with Crippen LogP contribution in [0.3, 0.4) is 0 Å². The number of rotatable bonds is 1. The molecule has 2 heterocycles. The zero-order valence-corrected chi connectivity index (χ0v) is 10.0. The largest absolute Gasteiger partial charge is 0.508 e. The van der Waals surface area contributed by atoms with Crippen molar-refractivity contribution in [3.8, 4) is 5.75 Å². The molecule has 1 aromatic rings. The van der Waals surface area contributed by atoms with Crippen LogP contribution in [0.4, 0.5) is 5.69 Å². The Bertz CT molecular complexity index is 416. The Labute approximate surface area is 102 Å².